The lowest BCUT2D eigenvalue weighted by Crippen LogP contribution is -2.35. The fraction of sp³-hybridized carbons (Fsp3) is 0.300. The van der Waals surface area contributed by atoms with E-state index in [2.05, 4.69) is 5.32 Å². The molecule has 0 fully saturated rings. The molecule has 0 aliphatic heterocycles. The quantitative estimate of drug-likeness (QED) is 0.820. The van der Waals surface area contributed by atoms with Crippen LogP contribution < -0.4 is 10.1 Å². The zero-order valence-corrected chi connectivity index (χ0v) is 15.0. The van der Waals surface area contributed by atoms with Crippen LogP contribution in [-0.2, 0) is 16.1 Å². The van der Waals surface area contributed by atoms with E-state index < -0.39 is 12.1 Å². The van der Waals surface area contributed by atoms with E-state index in [-0.39, 0.29) is 5.91 Å². The van der Waals surface area contributed by atoms with E-state index in [0.29, 0.717) is 12.1 Å². The number of carbonyl (C=O) groups excluding carboxylic acids is 2. The van der Waals surface area contributed by atoms with Gasteiger partial charge in [0.25, 0.3) is 5.91 Å². The molecule has 0 unspecified atom stereocenters. The Hall–Kier alpha value is -2.82. The van der Waals surface area contributed by atoms with Gasteiger partial charge in [-0.25, -0.2) is 4.79 Å². The van der Waals surface area contributed by atoms with Crippen molar-refractivity contribution >= 4 is 11.9 Å². The summed E-state index contributed by atoms with van der Waals surface area (Å²) in [5.74, 6) is -0.0753. The summed E-state index contributed by atoms with van der Waals surface area (Å²) >= 11 is 0. The standard InChI is InChI=1S/C20H23NO4/c1-13-5-6-14(2)18(11-13)20(23)25-15(3)19(22)21-12-16-7-9-17(24-4)10-8-16/h5-11,15H,12H2,1-4H3,(H,21,22)/t15-/m1/s1. The van der Waals surface area contributed by atoms with E-state index >= 15 is 0 Å². The molecule has 25 heavy (non-hydrogen) atoms. The molecule has 1 atom stereocenters. The fourth-order valence-corrected chi connectivity index (χ4v) is 2.31. The Balaban J connectivity index is 1.90. The highest BCUT2D eigenvalue weighted by atomic mass is 16.5. The largest absolute Gasteiger partial charge is 0.497 e. The predicted octanol–water partition coefficient (Wildman–Crippen LogP) is 3.17. The van der Waals surface area contributed by atoms with Crippen molar-refractivity contribution in [2.45, 2.75) is 33.4 Å². The molecule has 0 saturated heterocycles. The molecule has 0 spiro atoms. The normalized spacial score (nSPS) is 11.5. The molecule has 132 valence electrons. The molecule has 0 aliphatic rings. The van der Waals surface area contributed by atoms with Gasteiger partial charge in [0.05, 0.1) is 12.7 Å². The summed E-state index contributed by atoms with van der Waals surface area (Å²) in [5.41, 5.74) is 3.20. The SMILES string of the molecule is COc1ccc(CNC(=O)[C@@H](C)OC(=O)c2cc(C)ccc2C)cc1. The molecule has 5 heteroatoms. The minimum absolute atomic E-state index is 0.338. The van der Waals surface area contributed by atoms with Gasteiger partial charge < -0.3 is 14.8 Å². The van der Waals surface area contributed by atoms with E-state index in [0.717, 1.165) is 22.4 Å². The van der Waals surface area contributed by atoms with Crippen LogP contribution in [-0.4, -0.2) is 25.1 Å². The minimum atomic E-state index is -0.870. The molecular weight excluding hydrogens is 318 g/mol. The van der Waals surface area contributed by atoms with Crippen molar-refractivity contribution in [3.05, 3.63) is 64.7 Å². The first-order valence-corrected chi connectivity index (χ1v) is 8.09. The van der Waals surface area contributed by atoms with Gasteiger partial charge in [0.1, 0.15) is 5.75 Å². The number of benzene rings is 2. The van der Waals surface area contributed by atoms with Crippen LogP contribution in [0.15, 0.2) is 42.5 Å². The molecule has 2 aromatic carbocycles. The van der Waals surface area contributed by atoms with Crippen molar-refractivity contribution < 1.29 is 19.1 Å². The number of carbonyl (C=O) groups is 2. The van der Waals surface area contributed by atoms with E-state index in [9.17, 15) is 9.59 Å². The second-order valence-electron chi connectivity index (χ2n) is 5.93. The maximum absolute atomic E-state index is 12.3. The topological polar surface area (TPSA) is 64.6 Å². The predicted molar refractivity (Wildman–Crippen MR) is 95.6 cm³/mol. The molecule has 2 aromatic rings. The molecule has 1 N–H and O–H groups in total. The average Bonchev–Trinajstić information content (AvgIpc) is 2.61. The first-order chi connectivity index (χ1) is 11.9. The van der Waals surface area contributed by atoms with Gasteiger partial charge in [-0.15, -0.1) is 0 Å². The first-order valence-electron chi connectivity index (χ1n) is 8.09. The van der Waals surface area contributed by atoms with Gasteiger partial charge in [-0.2, -0.15) is 0 Å². The Bertz CT molecular complexity index is 753. The van der Waals surface area contributed by atoms with Gasteiger partial charge in [-0.1, -0.05) is 29.8 Å². The number of aryl methyl sites for hydroxylation is 2. The summed E-state index contributed by atoms with van der Waals surface area (Å²) in [6.07, 6.45) is -0.870. The molecule has 0 bridgehead atoms. The van der Waals surface area contributed by atoms with Crippen LogP contribution >= 0.6 is 0 Å². The first kappa shape index (κ1) is 18.5. The maximum Gasteiger partial charge on any atom is 0.339 e. The maximum atomic E-state index is 12.3. The van der Waals surface area contributed by atoms with Crippen LogP contribution in [0.3, 0.4) is 0 Å². The second-order valence-corrected chi connectivity index (χ2v) is 5.93. The van der Waals surface area contributed by atoms with Crippen LogP contribution in [0.25, 0.3) is 0 Å². The van der Waals surface area contributed by atoms with Crippen molar-refractivity contribution in [1.29, 1.82) is 0 Å². The van der Waals surface area contributed by atoms with Crippen LogP contribution in [0.1, 0.15) is 34.0 Å². The number of amides is 1. The van der Waals surface area contributed by atoms with Gasteiger partial charge >= 0.3 is 5.97 Å². The minimum Gasteiger partial charge on any atom is -0.497 e. The van der Waals surface area contributed by atoms with Crippen molar-refractivity contribution in [3.8, 4) is 5.75 Å². The van der Waals surface area contributed by atoms with Gasteiger partial charge in [-0.3, -0.25) is 4.79 Å². The average molecular weight is 341 g/mol. The summed E-state index contributed by atoms with van der Waals surface area (Å²) in [7, 11) is 1.60. The Kier molecular flexibility index (Phi) is 6.17. The summed E-state index contributed by atoms with van der Waals surface area (Å²) < 4.78 is 10.4. The Morgan fingerprint density at radius 2 is 1.76 bits per heavy atom. The third-order valence-electron chi connectivity index (χ3n) is 3.89. The summed E-state index contributed by atoms with van der Waals surface area (Å²) in [5, 5.41) is 2.76. The van der Waals surface area contributed by atoms with Crippen molar-refractivity contribution in [2.75, 3.05) is 7.11 Å². The zero-order chi connectivity index (χ0) is 18.4. The van der Waals surface area contributed by atoms with Crippen LogP contribution in [0.2, 0.25) is 0 Å². The third kappa shape index (κ3) is 5.08. The highest BCUT2D eigenvalue weighted by molar-refractivity contribution is 5.93. The summed E-state index contributed by atoms with van der Waals surface area (Å²) in [6, 6.07) is 12.9. The Morgan fingerprint density at radius 1 is 1.08 bits per heavy atom. The Morgan fingerprint density at radius 3 is 2.40 bits per heavy atom. The molecule has 5 nitrogen and oxygen atoms in total. The van der Waals surface area contributed by atoms with Crippen molar-refractivity contribution in [1.82, 2.24) is 5.32 Å². The molecule has 1 amide bonds. The third-order valence-corrected chi connectivity index (χ3v) is 3.89. The number of hydrogen-bond donors (Lipinski definition) is 1. The summed E-state index contributed by atoms with van der Waals surface area (Å²) in [4.78, 5) is 24.4. The summed E-state index contributed by atoms with van der Waals surface area (Å²) in [6.45, 7) is 5.66. The number of rotatable bonds is 6. The van der Waals surface area contributed by atoms with Gasteiger partial charge in [0, 0.05) is 6.54 Å². The molecule has 0 saturated carbocycles. The number of hydrogen-bond acceptors (Lipinski definition) is 4. The van der Waals surface area contributed by atoms with Crippen molar-refractivity contribution in [3.63, 3.8) is 0 Å². The highest BCUT2D eigenvalue weighted by Crippen LogP contribution is 2.14. The highest BCUT2D eigenvalue weighted by Gasteiger charge is 2.19. The van der Waals surface area contributed by atoms with E-state index in [1.54, 1.807) is 20.1 Å². The van der Waals surface area contributed by atoms with Gasteiger partial charge in [0.15, 0.2) is 6.10 Å². The fourth-order valence-electron chi connectivity index (χ4n) is 2.31. The van der Waals surface area contributed by atoms with E-state index in [4.69, 9.17) is 9.47 Å². The van der Waals surface area contributed by atoms with Gasteiger partial charge in [0.2, 0.25) is 0 Å². The molecule has 0 aromatic heterocycles. The molecule has 0 aliphatic carbocycles. The number of nitrogens with one attached hydrogen (secondary N) is 1. The van der Waals surface area contributed by atoms with Crippen LogP contribution in [0.5, 0.6) is 5.75 Å². The number of methoxy groups -OCH3 is 1. The molecule has 2 rings (SSSR count). The zero-order valence-electron chi connectivity index (χ0n) is 15.0. The van der Waals surface area contributed by atoms with Crippen molar-refractivity contribution in [2.24, 2.45) is 0 Å². The lowest BCUT2D eigenvalue weighted by Gasteiger charge is -2.15. The monoisotopic (exact) mass is 341 g/mol. The number of esters is 1. The molecule has 0 heterocycles. The molecule has 0 radical (unpaired) electrons. The van der Waals surface area contributed by atoms with Crippen LogP contribution in [0, 0.1) is 13.8 Å². The van der Waals surface area contributed by atoms with Gasteiger partial charge in [-0.05, 0) is 50.1 Å². The number of ether oxygens (including phenoxy) is 2. The van der Waals surface area contributed by atoms with E-state index in [1.807, 2.05) is 50.2 Å². The Labute approximate surface area is 148 Å². The lowest BCUT2D eigenvalue weighted by atomic mass is 10.1. The second kappa shape index (κ2) is 8.33. The lowest BCUT2D eigenvalue weighted by molar-refractivity contribution is -0.129. The smallest absolute Gasteiger partial charge is 0.339 e. The molecular formula is C20H23NO4. The van der Waals surface area contributed by atoms with E-state index in [1.165, 1.54) is 0 Å². The van der Waals surface area contributed by atoms with Crippen LogP contribution in [0.4, 0.5) is 0 Å².